The average molecular weight is 155 g/mol. The van der Waals surface area contributed by atoms with E-state index in [-0.39, 0.29) is 0 Å². The zero-order valence-corrected chi connectivity index (χ0v) is 7.80. The smallest absolute Gasteiger partial charge is 0.214 e. The highest BCUT2D eigenvalue weighted by molar-refractivity contribution is 5.90. The number of hydrogen-bond donors (Lipinski definition) is 0. The molecule has 0 aromatic carbocycles. The zero-order chi connectivity index (χ0) is 8.86. The maximum atomic E-state index is 11.6. The molecule has 1 heterocycles. The summed E-state index contributed by atoms with van der Waals surface area (Å²) in [5.41, 5.74) is -0.0885. The van der Waals surface area contributed by atoms with Crippen LogP contribution in [0.2, 0.25) is 0 Å². The van der Waals surface area contributed by atoms with Crippen molar-refractivity contribution in [3.8, 4) is 0 Å². The Morgan fingerprint density at radius 2 is 1.73 bits per heavy atom. The van der Waals surface area contributed by atoms with Crippen LogP contribution in [0.1, 0.15) is 34.6 Å². The summed E-state index contributed by atoms with van der Waals surface area (Å²) in [4.78, 5) is 15.8. The van der Waals surface area contributed by atoms with Crippen LogP contribution < -0.4 is 0 Å². The normalized spacial score (nSPS) is 27.0. The number of nitrogens with zero attached hydrogens (tertiary/aromatic N) is 2. The van der Waals surface area contributed by atoms with E-state index in [0.717, 1.165) is 10.5 Å². The van der Waals surface area contributed by atoms with Crippen LogP contribution in [0.4, 0.5) is 0 Å². The Labute approximate surface area is 67.1 Å². The minimum absolute atomic E-state index is 0.427. The molecular weight excluding hydrogens is 140 g/mol. The Kier molecular flexibility index (Phi) is 1.44. The van der Waals surface area contributed by atoms with Crippen molar-refractivity contribution in [2.24, 2.45) is 4.99 Å². The lowest BCUT2D eigenvalue weighted by molar-refractivity contribution is -0.653. The van der Waals surface area contributed by atoms with E-state index < -0.39 is 11.2 Å². The van der Waals surface area contributed by atoms with Gasteiger partial charge in [-0.15, -0.1) is 0 Å². The molecule has 0 amide bonds. The van der Waals surface area contributed by atoms with Gasteiger partial charge >= 0.3 is 0 Å². The minimum atomic E-state index is -0.576. The highest BCUT2D eigenvalue weighted by atomic mass is 16.3. The van der Waals surface area contributed by atoms with E-state index in [1.807, 2.05) is 34.6 Å². The molecule has 62 valence electrons. The van der Waals surface area contributed by atoms with Crippen molar-refractivity contribution in [1.29, 1.82) is 0 Å². The largest absolute Gasteiger partial charge is 0.298 e. The summed E-state index contributed by atoms with van der Waals surface area (Å²) < 4.78 is 1.05. The van der Waals surface area contributed by atoms with E-state index in [2.05, 4.69) is 4.99 Å². The molecule has 11 heavy (non-hydrogen) atoms. The summed E-state index contributed by atoms with van der Waals surface area (Å²) in [6.07, 6.45) is 0. The highest BCUT2D eigenvalue weighted by Crippen LogP contribution is 2.29. The van der Waals surface area contributed by atoms with Gasteiger partial charge in [-0.3, -0.25) is 0 Å². The molecule has 0 aliphatic carbocycles. The van der Waals surface area contributed by atoms with Gasteiger partial charge in [-0.05, 0) is 6.92 Å². The van der Waals surface area contributed by atoms with E-state index >= 15 is 0 Å². The first-order valence-electron chi connectivity index (χ1n) is 3.83. The number of hydrogen-bond acceptors (Lipinski definition) is 2. The van der Waals surface area contributed by atoms with Gasteiger partial charge in [0.25, 0.3) is 5.66 Å². The highest BCUT2D eigenvalue weighted by Gasteiger charge is 2.54. The minimum Gasteiger partial charge on any atom is -0.214 e. The SMILES string of the molecule is CC1=NC(C)(C)[N+](=O)C1(C)C. The van der Waals surface area contributed by atoms with Crippen LogP contribution in [-0.4, -0.2) is 21.7 Å². The predicted molar refractivity (Wildman–Crippen MR) is 44.9 cm³/mol. The van der Waals surface area contributed by atoms with Gasteiger partial charge in [0, 0.05) is 37.4 Å². The van der Waals surface area contributed by atoms with Crippen molar-refractivity contribution in [1.82, 2.24) is 0 Å². The van der Waals surface area contributed by atoms with Gasteiger partial charge in [0.2, 0.25) is 5.54 Å². The third-order valence-corrected chi connectivity index (χ3v) is 2.33. The number of rotatable bonds is 0. The number of aliphatic imine (C=N–C) groups is 1. The topological polar surface area (TPSA) is 32.4 Å². The molecule has 3 heteroatoms. The maximum Gasteiger partial charge on any atom is 0.298 e. The van der Waals surface area contributed by atoms with Gasteiger partial charge in [0.05, 0.1) is 5.71 Å². The maximum absolute atomic E-state index is 11.6. The van der Waals surface area contributed by atoms with Gasteiger partial charge in [-0.2, -0.15) is 0 Å². The van der Waals surface area contributed by atoms with Crippen molar-refractivity contribution < 1.29 is 4.76 Å². The summed E-state index contributed by atoms with van der Waals surface area (Å²) >= 11 is 0. The van der Waals surface area contributed by atoms with Crippen LogP contribution in [0.15, 0.2) is 4.99 Å². The molecule has 0 fully saturated rings. The first-order valence-corrected chi connectivity index (χ1v) is 3.83. The Balaban J connectivity index is 3.14. The third-order valence-electron chi connectivity index (χ3n) is 2.33. The van der Waals surface area contributed by atoms with Crippen LogP contribution in [-0.2, 0) is 0 Å². The van der Waals surface area contributed by atoms with Crippen molar-refractivity contribution in [2.45, 2.75) is 45.8 Å². The van der Waals surface area contributed by atoms with Crippen molar-refractivity contribution in [2.75, 3.05) is 0 Å². The van der Waals surface area contributed by atoms with E-state index in [9.17, 15) is 4.91 Å². The summed E-state index contributed by atoms with van der Waals surface area (Å²) in [5, 5.41) is 0. The summed E-state index contributed by atoms with van der Waals surface area (Å²) in [7, 11) is 0. The molecule has 0 atom stereocenters. The van der Waals surface area contributed by atoms with Crippen molar-refractivity contribution >= 4 is 5.71 Å². The molecule has 1 rings (SSSR count). The molecule has 3 nitrogen and oxygen atoms in total. The molecule has 1 aliphatic heterocycles. The summed E-state index contributed by atoms with van der Waals surface area (Å²) in [6, 6.07) is 0. The van der Waals surface area contributed by atoms with E-state index in [1.54, 1.807) is 0 Å². The lowest BCUT2D eigenvalue weighted by Gasteiger charge is -2.11. The van der Waals surface area contributed by atoms with E-state index in [1.165, 1.54) is 0 Å². The van der Waals surface area contributed by atoms with E-state index in [0.29, 0.717) is 0 Å². The summed E-state index contributed by atoms with van der Waals surface area (Å²) in [6.45, 7) is 9.36. The van der Waals surface area contributed by atoms with Crippen LogP contribution in [0.25, 0.3) is 0 Å². The van der Waals surface area contributed by atoms with Crippen LogP contribution in [0, 0.1) is 4.91 Å². The van der Waals surface area contributed by atoms with Gasteiger partial charge in [-0.25, -0.2) is 4.99 Å². The molecule has 0 saturated carbocycles. The van der Waals surface area contributed by atoms with E-state index in [4.69, 9.17) is 0 Å². The first kappa shape index (κ1) is 8.37. The fourth-order valence-electron chi connectivity index (χ4n) is 1.42. The molecule has 0 unspecified atom stereocenters. The lowest BCUT2D eigenvalue weighted by Crippen LogP contribution is -2.42. The third kappa shape index (κ3) is 0.988. The Morgan fingerprint density at radius 1 is 1.27 bits per heavy atom. The first-order chi connectivity index (χ1) is 4.78. The second-order valence-electron chi connectivity index (χ2n) is 4.05. The van der Waals surface area contributed by atoms with Crippen LogP contribution in [0.3, 0.4) is 0 Å². The van der Waals surface area contributed by atoms with Gasteiger partial charge in [0.15, 0.2) is 0 Å². The lowest BCUT2D eigenvalue weighted by atomic mass is 10.0. The molecule has 0 N–H and O–H groups in total. The second kappa shape index (κ2) is 1.90. The van der Waals surface area contributed by atoms with Gasteiger partial charge in [0.1, 0.15) is 0 Å². The van der Waals surface area contributed by atoms with Gasteiger partial charge < -0.3 is 0 Å². The fourth-order valence-corrected chi connectivity index (χ4v) is 1.42. The van der Waals surface area contributed by atoms with Crippen molar-refractivity contribution in [3.63, 3.8) is 0 Å². The Morgan fingerprint density at radius 3 is 1.82 bits per heavy atom. The molecule has 1 aliphatic rings. The fraction of sp³-hybridized carbons (Fsp3) is 0.875. The Bertz CT molecular complexity index is 238. The molecule has 0 saturated heterocycles. The number of nitroso groups, excluding NO2 is 1. The van der Waals surface area contributed by atoms with Crippen molar-refractivity contribution in [3.05, 3.63) is 4.91 Å². The second-order valence-corrected chi connectivity index (χ2v) is 4.05. The van der Waals surface area contributed by atoms with Crippen LogP contribution >= 0.6 is 0 Å². The molecule has 0 aromatic rings. The molecule has 0 bridgehead atoms. The monoisotopic (exact) mass is 155 g/mol. The molecular formula is C8H15N2O+. The Hall–Kier alpha value is -0.730. The van der Waals surface area contributed by atoms with Gasteiger partial charge in [-0.1, -0.05) is 0 Å². The van der Waals surface area contributed by atoms with Crippen LogP contribution in [0.5, 0.6) is 0 Å². The zero-order valence-electron chi connectivity index (χ0n) is 7.80. The average Bonchev–Trinajstić information content (AvgIpc) is 1.94. The standard InChI is InChI=1S/C8H15N2O/c1-6-7(2,3)10(11)8(4,5)9-6/h1-5H3/q+1. The predicted octanol–water partition coefficient (Wildman–Crippen LogP) is 1.75. The molecule has 0 radical (unpaired) electrons. The molecule has 0 aromatic heterocycles. The molecule has 0 spiro atoms. The summed E-state index contributed by atoms with van der Waals surface area (Å²) in [5.74, 6) is 0. The quantitative estimate of drug-likeness (QED) is 0.490.